The van der Waals surface area contributed by atoms with Crippen molar-refractivity contribution in [1.82, 2.24) is 14.7 Å². The number of hydrogen-bond acceptors (Lipinski definition) is 2. The molecule has 0 radical (unpaired) electrons. The van der Waals surface area contributed by atoms with Gasteiger partial charge in [0.25, 0.3) is 0 Å². The van der Waals surface area contributed by atoms with E-state index < -0.39 is 0 Å². The Bertz CT molecular complexity index is 273. The Morgan fingerprint density at radius 2 is 2.20 bits per heavy atom. The van der Waals surface area contributed by atoms with Crippen LogP contribution in [0, 0.1) is 0 Å². The van der Waals surface area contributed by atoms with Gasteiger partial charge < -0.3 is 4.90 Å². The first-order chi connectivity index (χ1) is 7.22. The van der Waals surface area contributed by atoms with Crippen LogP contribution < -0.4 is 0 Å². The first-order valence-electron chi connectivity index (χ1n) is 5.44. The number of halogens is 1. The van der Waals surface area contributed by atoms with Gasteiger partial charge in [0, 0.05) is 31.2 Å². The van der Waals surface area contributed by atoms with Crippen molar-refractivity contribution < 1.29 is 0 Å². The van der Waals surface area contributed by atoms with E-state index >= 15 is 0 Å². The summed E-state index contributed by atoms with van der Waals surface area (Å²) in [5.74, 6) is 0.784. The Kier molecular flexibility index (Phi) is 5.73. The zero-order valence-electron chi connectivity index (χ0n) is 9.62. The molecular weight excluding hydrogens is 210 g/mol. The largest absolute Gasteiger partial charge is 0.302 e. The summed E-state index contributed by atoms with van der Waals surface area (Å²) >= 11 is 5.62. The molecule has 0 fully saturated rings. The fourth-order valence-corrected chi connectivity index (χ4v) is 1.79. The van der Waals surface area contributed by atoms with Gasteiger partial charge in [-0.2, -0.15) is 5.10 Å². The zero-order chi connectivity index (χ0) is 11.1. The highest BCUT2D eigenvalue weighted by Gasteiger charge is 2.01. The lowest BCUT2D eigenvalue weighted by molar-refractivity contribution is 0.318. The van der Waals surface area contributed by atoms with Crippen LogP contribution in [-0.2, 0) is 13.6 Å². The number of rotatable bonds is 7. The van der Waals surface area contributed by atoms with Gasteiger partial charge in [0.05, 0.1) is 6.20 Å². The number of alkyl halides is 1. The van der Waals surface area contributed by atoms with Gasteiger partial charge in [0.1, 0.15) is 0 Å². The molecule has 0 aromatic carbocycles. The number of hydrogen-bond donors (Lipinski definition) is 0. The van der Waals surface area contributed by atoms with Gasteiger partial charge in [-0.25, -0.2) is 0 Å². The average Bonchev–Trinajstić information content (AvgIpc) is 2.59. The molecule has 1 aromatic heterocycles. The van der Waals surface area contributed by atoms with Crippen molar-refractivity contribution in [2.24, 2.45) is 7.05 Å². The summed E-state index contributed by atoms with van der Waals surface area (Å²) in [6.07, 6.45) is 7.57. The van der Waals surface area contributed by atoms with Gasteiger partial charge in [0.15, 0.2) is 0 Å². The highest BCUT2D eigenvalue weighted by atomic mass is 35.5. The third-order valence-electron chi connectivity index (χ3n) is 2.38. The van der Waals surface area contributed by atoms with Crippen molar-refractivity contribution in [2.75, 3.05) is 19.5 Å². The number of nitrogens with zero attached hydrogens (tertiary/aromatic N) is 3. The van der Waals surface area contributed by atoms with Crippen LogP contribution in [0.25, 0.3) is 0 Å². The van der Waals surface area contributed by atoms with Gasteiger partial charge in [-0.3, -0.25) is 4.68 Å². The summed E-state index contributed by atoms with van der Waals surface area (Å²) in [4.78, 5) is 2.32. The lowest BCUT2D eigenvalue weighted by Crippen LogP contribution is -2.18. The van der Waals surface area contributed by atoms with Crippen LogP contribution in [0.2, 0.25) is 0 Å². The Morgan fingerprint density at radius 3 is 2.80 bits per heavy atom. The zero-order valence-corrected chi connectivity index (χ0v) is 10.4. The van der Waals surface area contributed by atoms with E-state index in [1.54, 1.807) is 0 Å². The van der Waals surface area contributed by atoms with E-state index in [0.717, 1.165) is 25.4 Å². The summed E-state index contributed by atoms with van der Waals surface area (Å²) in [5.41, 5.74) is 1.28. The van der Waals surface area contributed by atoms with Gasteiger partial charge >= 0.3 is 0 Å². The molecule has 0 spiro atoms. The fraction of sp³-hybridized carbons (Fsp3) is 0.727. The Balaban J connectivity index is 2.15. The van der Waals surface area contributed by atoms with Gasteiger partial charge in [-0.05, 0) is 26.4 Å². The molecule has 4 heteroatoms. The second-order valence-corrected chi connectivity index (χ2v) is 4.39. The smallest absolute Gasteiger partial charge is 0.0534 e. The number of aryl methyl sites for hydroxylation is 1. The molecule has 0 N–H and O–H groups in total. The van der Waals surface area contributed by atoms with Crippen LogP contribution in [-0.4, -0.2) is 34.2 Å². The molecule has 0 aliphatic carbocycles. The van der Waals surface area contributed by atoms with Crippen molar-refractivity contribution in [2.45, 2.75) is 25.8 Å². The summed E-state index contributed by atoms with van der Waals surface area (Å²) in [5, 5.41) is 4.15. The molecule has 0 bridgehead atoms. The molecular formula is C11H20ClN3. The summed E-state index contributed by atoms with van der Waals surface area (Å²) in [6.45, 7) is 2.11. The van der Waals surface area contributed by atoms with Crippen LogP contribution in [0.3, 0.4) is 0 Å². The molecule has 0 amide bonds. The minimum Gasteiger partial charge on any atom is -0.302 e. The van der Waals surface area contributed by atoms with E-state index in [4.69, 9.17) is 11.6 Å². The van der Waals surface area contributed by atoms with E-state index in [-0.39, 0.29) is 0 Å². The quantitative estimate of drug-likeness (QED) is 0.528. The van der Waals surface area contributed by atoms with Crippen LogP contribution in [0.4, 0.5) is 0 Å². The Morgan fingerprint density at radius 1 is 1.40 bits per heavy atom. The number of unbranched alkanes of at least 4 members (excludes halogenated alkanes) is 2. The van der Waals surface area contributed by atoms with Gasteiger partial charge in [0.2, 0.25) is 0 Å². The molecule has 0 unspecified atom stereocenters. The second kappa shape index (κ2) is 6.85. The fourth-order valence-electron chi connectivity index (χ4n) is 1.60. The maximum absolute atomic E-state index is 5.62. The van der Waals surface area contributed by atoms with Crippen molar-refractivity contribution in [3.8, 4) is 0 Å². The highest BCUT2D eigenvalue weighted by Crippen LogP contribution is 2.04. The maximum atomic E-state index is 5.62. The molecule has 0 saturated carbocycles. The molecule has 1 aromatic rings. The van der Waals surface area contributed by atoms with Crippen molar-refractivity contribution in [3.05, 3.63) is 18.0 Å². The predicted octanol–water partition coefficient (Wildman–Crippen LogP) is 2.26. The molecule has 0 saturated heterocycles. The summed E-state index contributed by atoms with van der Waals surface area (Å²) in [6, 6.07) is 0. The third kappa shape index (κ3) is 5.19. The van der Waals surface area contributed by atoms with Crippen molar-refractivity contribution in [3.63, 3.8) is 0 Å². The lowest BCUT2D eigenvalue weighted by Gasteiger charge is -2.14. The summed E-state index contributed by atoms with van der Waals surface area (Å²) < 4.78 is 1.84. The SMILES string of the molecule is CN(CCCCCCl)Cc1cnn(C)c1. The van der Waals surface area contributed by atoms with Gasteiger partial charge in [-0.15, -0.1) is 11.6 Å². The molecule has 1 rings (SSSR count). The van der Waals surface area contributed by atoms with Crippen LogP contribution in [0.1, 0.15) is 24.8 Å². The topological polar surface area (TPSA) is 21.1 Å². The molecule has 1 heterocycles. The standard InChI is InChI=1S/C11H20ClN3/c1-14(7-5-3-4-6-12)9-11-8-13-15(2)10-11/h8,10H,3-7,9H2,1-2H3. The molecule has 86 valence electrons. The third-order valence-corrected chi connectivity index (χ3v) is 2.65. The predicted molar refractivity (Wildman–Crippen MR) is 64.1 cm³/mol. The molecule has 0 atom stereocenters. The van der Waals surface area contributed by atoms with E-state index in [0.29, 0.717) is 0 Å². The Hall–Kier alpha value is -0.540. The Labute approximate surface area is 97.0 Å². The maximum Gasteiger partial charge on any atom is 0.0534 e. The monoisotopic (exact) mass is 229 g/mol. The van der Waals surface area contributed by atoms with E-state index in [1.807, 2.05) is 17.9 Å². The molecule has 15 heavy (non-hydrogen) atoms. The first-order valence-corrected chi connectivity index (χ1v) is 5.98. The average molecular weight is 230 g/mol. The van der Waals surface area contributed by atoms with E-state index in [1.165, 1.54) is 18.4 Å². The van der Waals surface area contributed by atoms with Crippen LogP contribution in [0.15, 0.2) is 12.4 Å². The minimum absolute atomic E-state index is 0.784. The highest BCUT2D eigenvalue weighted by molar-refractivity contribution is 6.17. The second-order valence-electron chi connectivity index (χ2n) is 4.01. The molecule has 0 aliphatic heterocycles. The minimum atomic E-state index is 0.784. The molecule has 3 nitrogen and oxygen atoms in total. The number of aromatic nitrogens is 2. The van der Waals surface area contributed by atoms with Crippen LogP contribution in [0.5, 0.6) is 0 Å². The lowest BCUT2D eigenvalue weighted by atomic mass is 10.2. The van der Waals surface area contributed by atoms with Crippen molar-refractivity contribution in [1.29, 1.82) is 0 Å². The normalized spacial score (nSPS) is 11.2. The van der Waals surface area contributed by atoms with Gasteiger partial charge in [-0.1, -0.05) is 6.42 Å². The van der Waals surface area contributed by atoms with Crippen LogP contribution >= 0.6 is 11.6 Å². The van der Waals surface area contributed by atoms with E-state index in [2.05, 4.69) is 23.2 Å². The molecule has 0 aliphatic rings. The summed E-state index contributed by atoms with van der Waals surface area (Å²) in [7, 11) is 4.09. The first kappa shape index (κ1) is 12.5. The van der Waals surface area contributed by atoms with E-state index in [9.17, 15) is 0 Å². The van der Waals surface area contributed by atoms with Crippen molar-refractivity contribution >= 4 is 11.6 Å².